The molecule has 122 valence electrons. The lowest BCUT2D eigenvalue weighted by molar-refractivity contribution is 0.172. The Morgan fingerprint density at radius 2 is 2.17 bits per heavy atom. The van der Waals surface area contributed by atoms with Crippen molar-refractivity contribution in [3.05, 3.63) is 51.0 Å². The first-order valence-electron chi connectivity index (χ1n) is 7.94. The highest BCUT2D eigenvalue weighted by atomic mass is 32.1. The van der Waals surface area contributed by atoms with E-state index in [-0.39, 0.29) is 6.04 Å². The minimum Gasteiger partial charge on any atom is -0.392 e. The summed E-state index contributed by atoms with van der Waals surface area (Å²) >= 11 is 1.71. The number of nitrogens with zero attached hydrogens (tertiary/aromatic N) is 2. The summed E-state index contributed by atoms with van der Waals surface area (Å²) in [4.78, 5) is 8.04. The number of aliphatic hydroxyl groups is 1. The second-order valence-corrected chi connectivity index (χ2v) is 7.50. The first-order valence-corrected chi connectivity index (χ1v) is 8.76. The SMILES string of the molecule is OC1CC(c2cc(F)ccc2F)N(Cc2nc3c(s2)CCC3)C1. The predicted molar refractivity (Wildman–Crippen MR) is 84.3 cm³/mol. The van der Waals surface area contributed by atoms with E-state index in [0.717, 1.165) is 30.0 Å². The van der Waals surface area contributed by atoms with Crippen LogP contribution in [0.4, 0.5) is 8.78 Å². The summed E-state index contributed by atoms with van der Waals surface area (Å²) in [5.74, 6) is -0.868. The molecule has 4 rings (SSSR count). The molecule has 1 saturated heterocycles. The molecule has 1 N–H and O–H groups in total. The molecule has 0 bridgehead atoms. The van der Waals surface area contributed by atoms with Crippen LogP contribution in [0.2, 0.25) is 0 Å². The molecule has 2 unspecified atom stereocenters. The number of thiazole rings is 1. The maximum atomic E-state index is 14.1. The van der Waals surface area contributed by atoms with Crippen molar-refractivity contribution in [2.45, 2.75) is 44.4 Å². The van der Waals surface area contributed by atoms with Gasteiger partial charge in [0.2, 0.25) is 0 Å². The molecule has 6 heteroatoms. The van der Waals surface area contributed by atoms with Gasteiger partial charge in [0.05, 0.1) is 18.3 Å². The number of aromatic nitrogens is 1. The van der Waals surface area contributed by atoms with E-state index in [0.29, 0.717) is 25.1 Å². The normalized spacial score (nSPS) is 24.3. The van der Waals surface area contributed by atoms with Crippen molar-refractivity contribution < 1.29 is 13.9 Å². The number of aliphatic hydroxyl groups excluding tert-OH is 1. The van der Waals surface area contributed by atoms with Crippen LogP contribution in [0.1, 0.15) is 40.0 Å². The smallest absolute Gasteiger partial charge is 0.128 e. The van der Waals surface area contributed by atoms with Crippen molar-refractivity contribution in [3.8, 4) is 0 Å². The monoisotopic (exact) mass is 336 g/mol. The molecule has 2 aliphatic rings. The molecule has 0 radical (unpaired) electrons. The van der Waals surface area contributed by atoms with Gasteiger partial charge in [0, 0.05) is 23.0 Å². The molecule has 23 heavy (non-hydrogen) atoms. The van der Waals surface area contributed by atoms with Gasteiger partial charge in [-0.2, -0.15) is 0 Å². The van der Waals surface area contributed by atoms with Crippen LogP contribution in [-0.4, -0.2) is 27.6 Å². The fourth-order valence-electron chi connectivity index (χ4n) is 3.63. The van der Waals surface area contributed by atoms with Crippen molar-refractivity contribution in [1.29, 1.82) is 0 Å². The van der Waals surface area contributed by atoms with Crippen LogP contribution in [0.5, 0.6) is 0 Å². The van der Waals surface area contributed by atoms with Crippen LogP contribution in [0, 0.1) is 11.6 Å². The molecule has 1 aromatic heterocycles. The first-order chi connectivity index (χ1) is 11.1. The van der Waals surface area contributed by atoms with Gasteiger partial charge in [0.15, 0.2) is 0 Å². The van der Waals surface area contributed by atoms with E-state index in [1.165, 1.54) is 23.1 Å². The molecule has 2 atom stereocenters. The molecule has 2 aromatic rings. The van der Waals surface area contributed by atoms with E-state index in [1.54, 1.807) is 11.3 Å². The summed E-state index contributed by atoms with van der Waals surface area (Å²) in [6.45, 7) is 1.04. The van der Waals surface area contributed by atoms with E-state index < -0.39 is 17.7 Å². The third-order valence-corrected chi connectivity index (χ3v) is 5.82. The van der Waals surface area contributed by atoms with Gasteiger partial charge in [-0.15, -0.1) is 11.3 Å². The van der Waals surface area contributed by atoms with E-state index >= 15 is 0 Å². The summed E-state index contributed by atoms with van der Waals surface area (Å²) in [5, 5.41) is 11.0. The van der Waals surface area contributed by atoms with Gasteiger partial charge >= 0.3 is 0 Å². The van der Waals surface area contributed by atoms with Gasteiger partial charge < -0.3 is 5.11 Å². The van der Waals surface area contributed by atoms with Gasteiger partial charge in [-0.3, -0.25) is 4.90 Å². The molecule has 2 heterocycles. The number of β-amino-alcohol motifs (C(OH)–C–C–N with tert-alkyl or cyclic N) is 1. The summed E-state index contributed by atoms with van der Waals surface area (Å²) in [6.07, 6.45) is 3.21. The van der Waals surface area contributed by atoms with Crippen molar-refractivity contribution in [1.82, 2.24) is 9.88 Å². The highest BCUT2D eigenvalue weighted by Crippen LogP contribution is 2.36. The first kappa shape index (κ1) is 15.2. The van der Waals surface area contributed by atoms with Crippen LogP contribution in [0.15, 0.2) is 18.2 Å². The maximum absolute atomic E-state index is 14.1. The highest BCUT2D eigenvalue weighted by molar-refractivity contribution is 7.11. The second kappa shape index (κ2) is 5.92. The molecule has 1 fully saturated rings. The van der Waals surface area contributed by atoms with E-state index in [4.69, 9.17) is 0 Å². The number of fused-ring (bicyclic) bond motifs is 1. The quantitative estimate of drug-likeness (QED) is 0.935. The Morgan fingerprint density at radius 3 is 3.00 bits per heavy atom. The number of rotatable bonds is 3. The summed E-state index contributed by atoms with van der Waals surface area (Å²) in [7, 11) is 0. The third kappa shape index (κ3) is 2.91. The number of halogens is 2. The Hall–Kier alpha value is -1.37. The Kier molecular flexibility index (Phi) is 3.91. The average molecular weight is 336 g/mol. The summed E-state index contributed by atoms with van der Waals surface area (Å²) in [5.41, 5.74) is 1.52. The topological polar surface area (TPSA) is 36.4 Å². The van der Waals surface area contributed by atoms with E-state index in [1.807, 2.05) is 4.90 Å². The number of likely N-dealkylation sites (tertiary alicyclic amines) is 1. The second-order valence-electron chi connectivity index (χ2n) is 6.33. The van der Waals surface area contributed by atoms with Crippen molar-refractivity contribution in [2.75, 3.05) is 6.54 Å². The molecular formula is C17H18F2N2OS. The molecule has 0 saturated carbocycles. The summed E-state index contributed by atoms with van der Waals surface area (Å²) < 4.78 is 27.6. The molecule has 1 aliphatic carbocycles. The standard InChI is InChI=1S/C17H18F2N2OS/c18-10-4-5-13(19)12(6-10)15-7-11(22)8-21(15)9-17-20-14-2-1-3-16(14)23-17/h4-6,11,15,22H,1-3,7-9H2. The molecule has 1 aromatic carbocycles. The van der Waals surface area contributed by atoms with Crippen LogP contribution in [-0.2, 0) is 19.4 Å². The van der Waals surface area contributed by atoms with Crippen LogP contribution < -0.4 is 0 Å². The fourth-order valence-corrected chi connectivity index (χ4v) is 4.82. The largest absolute Gasteiger partial charge is 0.392 e. The minimum atomic E-state index is -0.519. The average Bonchev–Trinajstić information content (AvgIpc) is 3.17. The van der Waals surface area contributed by atoms with Gasteiger partial charge in [0.1, 0.15) is 16.6 Å². The van der Waals surface area contributed by atoms with Crippen molar-refractivity contribution in [2.24, 2.45) is 0 Å². The lowest BCUT2D eigenvalue weighted by Crippen LogP contribution is -2.25. The Bertz CT molecular complexity index is 712. The molecule has 0 amide bonds. The van der Waals surface area contributed by atoms with Crippen molar-refractivity contribution >= 4 is 11.3 Å². The maximum Gasteiger partial charge on any atom is 0.128 e. The lowest BCUT2D eigenvalue weighted by atomic mass is 10.0. The molecule has 0 spiro atoms. The van der Waals surface area contributed by atoms with E-state index in [9.17, 15) is 13.9 Å². The number of hydrogen-bond donors (Lipinski definition) is 1. The van der Waals surface area contributed by atoms with Crippen LogP contribution >= 0.6 is 11.3 Å². The highest BCUT2D eigenvalue weighted by Gasteiger charge is 2.34. The van der Waals surface area contributed by atoms with Crippen LogP contribution in [0.3, 0.4) is 0 Å². The zero-order valence-corrected chi connectivity index (χ0v) is 13.5. The number of benzene rings is 1. The number of aryl methyl sites for hydroxylation is 2. The van der Waals surface area contributed by atoms with Gasteiger partial charge in [-0.05, 0) is 43.9 Å². The zero-order valence-electron chi connectivity index (χ0n) is 12.6. The fraction of sp³-hybridized carbons (Fsp3) is 0.471. The van der Waals surface area contributed by atoms with Crippen LogP contribution in [0.25, 0.3) is 0 Å². The Balaban J connectivity index is 1.59. The van der Waals surface area contributed by atoms with Gasteiger partial charge in [-0.25, -0.2) is 13.8 Å². The predicted octanol–water partition coefficient (Wildman–Crippen LogP) is 3.22. The van der Waals surface area contributed by atoms with E-state index in [2.05, 4.69) is 4.98 Å². The molecular weight excluding hydrogens is 318 g/mol. The van der Waals surface area contributed by atoms with Gasteiger partial charge in [-0.1, -0.05) is 0 Å². The van der Waals surface area contributed by atoms with Gasteiger partial charge in [0.25, 0.3) is 0 Å². The lowest BCUT2D eigenvalue weighted by Gasteiger charge is -2.23. The summed E-state index contributed by atoms with van der Waals surface area (Å²) in [6, 6.07) is 3.22. The minimum absolute atomic E-state index is 0.306. The zero-order chi connectivity index (χ0) is 16.0. The third-order valence-electron chi connectivity index (χ3n) is 4.68. The molecule has 3 nitrogen and oxygen atoms in total. The Labute approximate surface area is 137 Å². The van der Waals surface area contributed by atoms with Crippen molar-refractivity contribution in [3.63, 3.8) is 0 Å². The molecule has 1 aliphatic heterocycles. The Morgan fingerprint density at radius 1 is 1.30 bits per heavy atom. The number of hydrogen-bond acceptors (Lipinski definition) is 4.